The minimum atomic E-state index is -0.0871. The molecule has 27 heavy (non-hydrogen) atoms. The molecule has 2 aliphatic rings. The van der Waals surface area contributed by atoms with E-state index in [9.17, 15) is 4.79 Å². The highest BCUT2D eigenvalue weighted by Crippen LogP contribution is 2.45. The molecule has 3 aromatic rings. The highest BCUT2D eigenvalue weighted by Gasteiger charge is 2.52. The lowest BCUT2D eigenvalue weighted by Crippen LogP contribution is -2.47. The van der Waals surface area contributed by atoms with E-state index in [0.29, 0.717) is 5.76 Å². The summed E-state index contributed by atoms with van der Waals surface area (Å²) in [5.74, 6) is 1.71. The smallest absolute Gasteiger partial charge is 0.230 e. The quantitative estimate of drug-likeness (QED) is 0.763. The highest BCUT2D eigenvalue weighted by atomic mass is 16.5. The highest BCUT2D eigenvalue weighted by molar-refractivity contribution is 5.87. The number of aryl methyl sites for hydroxylation is 1. The molecule has 8 heteroatoms. The Balaban J connectivity index is 1.39. The minimum Gasteiger partial charge on any atom is -0.361 e. The number of hydrogen-bond acceptors (Lipinski definition) is 6. The molecule has 0 bridgehead atoms. The monoisotopic (exact) mass is 366 g/mol. The number of H-pyrrole nitrogens is 1. The van der Waals surface area contributed by atoms with Crippen molar-refractivity contribution in [2.45, 2.75) is 38.1 Å². The van der Waals surface area contributed by atoms with Crippen LogP contribution in [-0.2, 0) is 11.2 Å². The fourth-order valence-electron chi connectivity index (χ4n) is 4.17. The Kier molecular flexibility index (Phi) is 3.66. The van der Waals surface area contributed by atoms with Gasteiger partial charge in [-0.1, -0.05) is 5.16 Å². The van der Waals surface area contributed by atoms with Crippen molar-refractivity contribution in [3.63, 3.8) is 0 Å². The van der Waals surface area contributed by atoms with Crippen LogP contribution in [0.4, 0.5) is 5.82 Å². The van der Waals surface area contributed by atoms with Crippen molar-refractivity contribution in [2.75, 3.05) is 24.5 Å². The molecule has 1 N–H and O–H groups in total. The summed E-state index contributed by atoms with van der Waals surface area (Å²) in [5.41, 5.74) is 1.57. The third kappa shape index (κ3) is 2.85. The second-order valence-electron chi connectivity index (χ2n) is 7.59. The predicted molar refractivity (Wildman–Crippen MR) is 99.3 cm³/mol. The van der Waals surface area contributed by atoms with E-state index < -0.39 is 0 Å². The molecule has 1 aliphatic heterocycles. The Labute approximate surface area is 156 Å². The fourth-order valence-corrected chi connectivity index (χ4v) is 4.17. The van der Waals surface area contributed by atoms with Gasteiger partial charge in [0.2, 0.25) is 5.91 Å². The number of carbonyl (C=O) groups excluding carboxylic acids is 1. The second-order valence-corrected chi connectivity index (χ2v) is 7.59. The molecule has 1 saturated heterocycles. The van der Waals surface area contributed by atoms with E-state index in [2.05, 4.69) is 29.9 Å². The molecule has 1 spiro atoms. The van der Waals surface area contributed by atoms with Gasteiger partial charge in [0.05, 0.1) is 23.0 Å². The summed E-state index contributed by atoms with van der Waals surface area (Å²) >= 11 is 0. The molecule has 0 radical (unpaired) electrons. The molecular weight excluding hydrogens is 344 g/mol. The molecule has 1 amide bonds. The van der Waals surface area contributed by atoms with Crippen molar-refractivity contribution in [1.29, 1.82) is 0 Å². The van der Waals surface area contributed by atoms with Crippen molar-refractivity contribution < 1.29 is 9.32 Å². The normalized spacial score (nSPS) is 18.9. The van der Waals surface area contributed by atoms with Gasteiger partial charge in [0, 0.05) is 31.9 Å². The summed E-state index contributed by atoms with van der Waals surface area (Å²) in [7, 11) is 0. The van der Waals surface area contributed by atoms with Gasteiger partial charge in [0.15, 0.2) is 0 Å². The average molecular weight is 366 g/mol. The summed E-state index contributed by atoms with van der Waals surface area (Å²) in [6, 6.07) is 3.86. The van der Waals surface area contributed by atoms with Crippen molar-refractivity contribution in [2.24, 2.45) is 0 Å². The van der Waals surface area contributed by atoms with E-state index >= 15 is 0 Å². The third-order valence-electron chi connectivity index (χ3n) is 5.63. The molecule has 0 aromatic carbocycles. The zero-order valence-corrected chi connectivity index (χ0v) is 15.3. The van der Waals surface area contributed by atoms with E-state index in [-0.39, 0.29) is 17.9 Å². The Morgan fingerprint density at radius 2 is 2.22 bits per heavy atom. The first-order chi connectivity index (χ1) is 13.1. The van der Waals surface area contributed by atoms with Crippen LogP contribution in [0.15, 0.2) is 29.2 Å². The molecule has 1 aliphatic carbocycles. The maximum absolute atomic E-state index is 13.0. The molecular formula is C19H22N6O2. The van der Waals surface area contributed by atoms with Crippen LogP contribution in [-0.4, -0.2) is 56.1 Å². The van der Waals surface area contributed by atoms with Crippen LogP contribution in [0.2, 0.25) is 0 Å². The average Bonchev–Trinajstić information content (AvgIpc) is 3.13. The van der Waals surface area contributed by atoms with Crippen LogP contribution < -0.4 is 4.90 Å². The Bertz CT molecular complexity index is 989. The predicted octanol–water partition coefficient (Wildman–Crippen LogP) is 2.07. The van der Waals surface area contributed by atoms with Gasteiger partial charge in [-0.25, -0.2) is 9.97 Å². The van der Waals surface area contributed by atoms with E-state index in [1.807, 2.05) is 25.3 Å². The first kappa shape index (κ1) is 16.3. The zero-order valence-electron chi connectivity index (χ0n) is 15.3. The molecule has 2 fully saturated rings. The molecule has 0 unspecified atom stereocenters. The molecule has 3 aromatic heterocycles. The Morgan fingerprint density at radius 3 is 3.00 bits per heavy atom. The summed E-state index contributed by atoms with van der Waals surface area (Å²) in [4.78, 5) is 29.4. The summed E-state index contributed by atoms with van der Waals surface area (Å²) in [6.45, 7) is 4.33. The number of rotatable bonds is 3. The molecule has 5 rings (SSSR count). The second kappa shape index (κ2) is 6.07. The number of amides is 1. The lowest BCUT2D eigenvalue weighted by molar-refractivity contribution is -0.133. The van der Waals surface area contributed by atoms with Crippen LogP contribution in [0.5, 0.6) is 0 Å². The molecule has 1 saturated carbocycles. The largest absolute Gasteiger partial charge is 0.361 e. The molecule has 0 atom stereocenters. The Hall–Kier alpha value is -2.90. The van der Waals surface area contributed by atoms with Crippen molar-refractivity contribution in [1.82, 2.24) is 25.0 Å². The lowest BCUT2D eigenvalue weighted by Gasteiger charge is -2.32. The topological polar surface area (TPSA) is 91.2 Å². The number of nitrogens with one attached hydrogen (secondary N) is 1. The minimum absolute atomic E-state index is 0.0871. The van der Waals surface area contributed by atoms with Crippen LogP contribution in [0.25, 0.3) is 11.0 Å². The maximum Gasteiger partial charge on any atom is 0.230 e. The van der Waals surface area contributed by atoms with Gasteiger partial charge in [0.25, 0.3) is 0 Å². The number of hydrogen-bond donors (Lipinski definition) is 1. The van der Waals surface area contributed by atoms with E-state index in [1.165, 1.54) is 0 Å². The van der Waals surface area contributed by atoms with Crippen LogP contribution in [0.1, 0.15) is 30.7 Å². The summed E-state index contributed by atoms with van der Waals surface area (Å²) in [5, 5.41) is 4.92. The molecule has 8 nitrogen and oxygen atoms in total. The maximum atomic E-state index is 13.0. The first-order valence-electron chi connectivity index (χ1n) is 9.40. The first-order valence-corrected chi connectivity index (χ1v) is 9.40. The van der Waals surface area contributed by atoms with Gasteiger partial charge in [0.1, 0.15) is 23.6 Å². The molecule has 140 valence electrons. The number of nitrogens with zero attached hydrogens (tertiary/aromatic N) is 5. The standard InChI is InChI=1S/C19H22N6O2/c1-13-9-14(27-23-13)10-16(26)25-8-2-7-24(11-19(25)4-5-19)18-15-3-6-20-17(15)21-12-22-18/h3,6,9,12H,2,4-5,7-8,10-11H2,1H3,(H,20,21,22). The zero-order chi connectivity index (χ0) is 18.4. The van der Waals surface area contributed by atoms with Crippen molar-refractivity contribution in [3.05, 3.63) is 36.1 Å². The number of carbonyl (C=O) groups is 1. The van der Waals surface area contributed by atoms with Crippen LogP contribution >= 0.6 is 0 Å². The number of aromatic nitrogens is 4. The van der Waals surface area contributed by atoms with Gasteiger partial charge < -0.3 is 19.3 Å². The summed E-state index contributed by atoms with van der Waals surface area (Å²) < 4.78 is 5.25. The number of anilines is 1. The van der Waals surface area contributed by atoms with Crippen LogP contribution in [0, 0.1) is 6.92 Å². The van der Waals surface area contributed by atoms with Gasteiger partial charge in [-0.15, -0.1) is 0 Å². The number of aromatic amines is 1. The van der Waals surface area contributed by atoms with Gasteiger partial charge in [-0.2, -0.15) is 0 Å². The third-order valence-corrected chi connectivity index (χ3v) is 5.63. The van der Waals surface area contributed by atoms with Gasteiger partial charge in [-0.05, 0) is 32.3 Å². The van der Waals surface area contributed by atoms with Crippen LogP contribution in [0.3, 0.4) is 0 Å². The number of fused-ring (bicyclic) bond motifs is 1. The SMILES string of the molecule is Cc1cc(CC(=O)N2CCCN(c3ncnc4[nH]ccc34)CC23CC3)on1. The fraction of sp³-hybridized carbons (Fsp3) is 0.474. The van der Waals surface area contributed by atoms with Gasteiger partial charge in [-0.3, -0.25) is 4.79 Å². The van der Waals surface area contributed by atoms with Crippen molar-refractivity contribution >= 4 is 22.8 Å². The van der Waals surface area contributed by atoms with Crippen molar-refractivity contribution in [3.8, 4) is 0 Å². The summed E-state index contributed by atoms with van der Waals surface area (Å²) in [6.07, 6.45) is 6.76. The van der Waals surface area contributed by atoms with Gasteiger partial charge >= 0.3 is 0 Å². The van der Waals surface area contributed by atoms with E-state index in [4.69, 9.17) is 4.52 Å². The van der Waals surface area contributed by atoms with E-state index in [0.717, 1.165) is 61.4 Å². The van der Waals surface area contributed by atoms with E-state index in [1.54, 1.807) is 6.33 Å². The Morgan fingerprint density at radius 1 is 1.33 bits per heavy atom. The molecule has 4 heterocycles. The lowest BCUT2D eigenvalue weighted by atomic mass is 10.1.